The highest BCUT2D eigenvalue weighted by molar-refractivity contribution is 6.00. The van der Waals surface area contributed by atoms with E-state index in [1.165, 1.54) is 4.90 Å². The van der Waals surface area contributed by atoms with E-state index in [0.29, 0.717) is 13.0 Å². The van der Waals surface area contributed by atoms with Crippen LogP contribution >= 0.6 is 12.4 Å². The topological polar surface area (TPSA) is 95.7 Å². The minimum atomic E-state index is -0.508. The monoisotopic (exact) mass is 354 g/mol. The zero-order valence-corrected chi connectivity index (χ0v) is 14.4. The molecule has 1 fully saturated rings. The largest absolute Gasteiger partial charge is 0.346 e. The number of nitrogens with two attached hydrogens (primary N) is 1. The molecule has 0 aromatic heterocycles. The van der Waals surface area contributed by atoms with Crippen LogP contribution in [0.25, 0.3) is 0 Å². The molecule has 7 nitrogen and oxygen atoms in total. The van der Waals surface area contributed by atoms with Gasteiger partial charge in [0, 0.05) is 19.3 Å². The van der Waals surface area contributed by atoms with Crippen LogP contribution in [0.15, 0.2) is 30.3 Å². The van der Waals surface area contributed by atoms with Crippen LogP contribution < -0.4 is 16.0 Å². The molecule has 24 heavy (non-hydrogen) atoms. The van der Waals surface area contributed by atoms with Crippen LogP contribution in [-0.4, -0.2) is 55.3 Å². The zero-order chi connectivity index (χ0) is 16.8. The van der Waals surface area contributed by atoms with Gasteiger partial charge >= 0.3 is 0 Å². The number of hydrogen-bond acceptors (Lipinski definition) is 4. The minimum absolute atomic E-state index is 0. The van der Waals surface area contributed by atoms with Gasteiger partial charge in [-0.3, -0.25) is 14.4 Å². The Kier molecular flexibility index (Phi) is 7.67. The lowest BCUT2D eigenvalue weighted by molar-refractivity contribution is -0.139. The van der Waals surface area contributed by atoms with Gasteiger partial charge in [-0.15, -0.1) is 12.4 Å². The second-order valence-corrected chi connectivity index (χ2v) is 5.47. The number of nitrogens with zero attached hydrogens (tertiary/aromatic N) is 2. The molecule has 0 spiro atoms. The summed E-state index contributed by atoms with van der Waals surface area (Å²) in [7, 11) is 1.59. The number of piperidine rings is 1. The van der Waals surface area contributed by atoms with Gasteiger partial charge in [0.25, 0.3) is 0 Å². The number of benzene rings is 1. The summed E-state index contributed by atoms with van der Waals surface area (Å²) < 4.78 is 0. The van der Waals surface area contributed by atoms with Gasteiger partial charge in [0.05, 0.1) is 13.1 Å². The maximum atomic E-state index is 12.7. The van der Waals surface area contributed by atoms with E-state index in [2.05, 4.69) is 5.32 Å². The van der Waals surface area contributed by atoms with Crippen molar-refractivity contribution in [3.63, 3.8) is 0 Å². The number of hydrogen-bond donors (Lipinski definition) is 2. The van der Waals surface area contributed by atoms with Gasteiger partial charge < -0.3 is 20.9 Å². The summed E-state index contributed by atoms with van der Waals surface area (Å²) in [6, 6.07) is 8.90. The summed E-state index contributed by atoms with van der Waals surface area (Å²) in [5.74, 6) is -0.795. The van der Waals surface area contributed by atoms with E-state index < -0.39 is 11.9 Å². The predicted molar refractivity (Wildman–Crippen MR) is 93.9 cm³/mol. The quantitative estimate of drug-likeness (QED) is 0.786. The smallest absolute Gasteiger partial charge is 0.249 e. The van der Waals surface area contributed by atoms with Gasteiger partial charge in [-0.05, 0) is 25.0 Å². The van der Waals surface area contributed by atoms with Crippen molar-refractivity contribution < 1.29 is 14.4 Å². The zero-order valence-electron chi connectivity index (χ0n) is 13.6. The second-order valence-electron chi connectivity index (χ2n) is 5.47. The molecule has 8 heteroatoms. The lowest BCUT2D eigenvalue weighted by atomic mass is 10.0. The molecule has 2 rings (SSSR count). The Hall–Kier alpha value is -2.12. The number of amides is 3. The lowest BCUT2D eigenvalue weighted by Gasteiger charge is -2.36. The number of rotatable bonds is 5. The Bertz CT molecular complexity index is 582. The Labute approximate surface area is 147 Å². The number of carbonyl (C=O) groups is 3. The van der Waals surface area contributed by atoms with Crippen molar-refractivity contribution in [1.29, 1.82) is 0 Å². The highest BCUT2D eigenvalue weighted by atomic mass is 35.5. The molecule has 0 bridgehead atoms. The first-order chi connectivity index (χ1) is 11.0. The molecule has 1 heterocycles. The molecule has 3 N–H and O–H groups in total. The van der Waals surface area contributed by atoms with Crippen LogP contribution in [0.5, 0.6) is 0 Å². The molecule has 1 aromatic carbocycles. The summed E-state index contributed by atoms with van der Waals surface area (Å²) in [5, 5.41) is 2.43. The Morgan fingerprint density at radius 3 is 2.62 bits per heavy atom. The minimum Gasteiger partial charge on any atom is -0.346 e. The van der Waals surface area contributed by atoms with Gasteiger partial charge in [-0.2, -0.15) is 0 Å². The van der Waals surface area contributed by atoms with Crippen LogP contribution in [0.2, 0.25) is 0 Å². The third-order valence-corrected chi connectivity index (χ3v) is 3.96. The maximum absolute atomic E-state index is 12.7. The van der Waals surface area contributed by atoms with Crippen LogP contribution in [0.3, 0.4) is 0 Å². The van der Waals surface area contributed by atoms with E-state index in [9.17, 15) is 14.4 Å². The number of para-hydroxylation sites is 1. The van der Waals surface area contributed by atoms with Crippen molar-refractivity contribution in [2.24, 2.45) is 5.73 Å². The average molecular weight is 355 g/mol. The molecule has 1 aliphatic heterocycles. The normalized spacial score (nSPS) is 17.0. The summed E-state index contributed by atoms with van der Waals surface area (Å²) in [5.41, 5.74) is 6.02. The van der Waals surface area contributed by atoms with Crippen LogP contribution in [0.1, 0.15) is 12.8 Å². The maximum Gasteiger partial charge on any atom is 0.249 e. The molecular weight excluding hydrogens is 332 g/mol. The highest BCUT2D eigenvalue weighted by Crippen LogP contribution is 2.23. The molecule has 1 aromatic rings. The van der Waals surface area contributed by atoms with E-state index in [1.807, 2.05) is 30.3 Å². The predicted octanol–water partition coefficient (Wildman–Crippen LogP) is 0.137. The molecule has 132 valence electrons. The molecule has 0 aliphatic carbocycles. The molecule has 0 saturated carbocycles. The molecule has 3 amide bonds. The average Bonchev–Trinajstić information content (AvgIpc) is 2.59. The van der Waals surface area contributed by atoms with Crippen LogP contribution in [0, 0.1) is 0 Å². The first-order valence-corrected chi connectivity index (χ1v) is 7.63. The molecular formula is C16H23ClN4O3. The van der Waals surface area contributed by atoms with E-state index >= 15 is 0 Å². The van der Waals surface area contributed by atoms with Gasteiger partial charge in [-0.25, -0.2) is 0 Å². The van der Waals surface area contributed by atoms with Gasteiger partial charge in [0.1, 0.15) is 6.04 Å². The third-order valence-electron chi connectivity index (χ3n) is 3.96. The van der Waals surface area contributed by atoms with Crippen molar-refractivity contribution >= 4 is 35.8 Å². The first kappa shape index (κ1) is 19.9. The fourth-order valence-corrected chi connectivity index (χ4v) is 2.62. The third kappa shape index (κ3) is 4.69. The number of carbonyl (C=O) groups excluding carboxylic acids is 3. The van der Waals surface area contributed by atoms with Crippen LogP contribution in [0.4, 0.5) is 5.69 Å². The molecule has 1 saturated heterocycles. The van der Waals surface area contributed by atoms with Gasteiger partial charge in [0.15, 0.2) is 0 Å². The summed E-state index contributed by atoms with van der Waals surface area (Å²) in [6.45, 7) is 0.327. The van der Waals surface area contributed by atoms with Crippen molar-refractivity contribution in [1.82, 2.24) is 10.2 Å². The molecule has 1 unspecified atom stereocenters. The highest BCUT2D eigenvalue weighted by Gasteiger charge is 2.34. The second kappa shape index (κ2) is 9.24. The van der Waals surface area contributed by atoms with E-state index in [0.717, 1.165) is 12.1 Å². The number of anilines is 1. The first-order valence-electron chi connectivity index (χ1n) is 7.63. The molecule has 1 atom stereocenters. The molecule has 1 aliphatic rings. The molecule has 0 radical (unpaired) electrons. The van der Waals surface area contributed by atoms with Crippen molar-refractivity contribution in [3.8, 4) is 0 Å². The van der Waals surface area contributed by atoms with Gasteiger partial charge in [-0.1, -0.05) is 18.2 Å². The van der Waals surface area contributed by atoms with Crippen LogP contribution in [-0.2, 0) is 14.4 Å². The van der Waals surface area contributed by atoms with Gasteiger partial charge in [0.2, 0.25) is 17.7 Å². The standard InChI is InChI=1S/C16H22N4O3.ClH/c1-19(15(22)11-18-14(21)10-17)13-8-5-9-20(16(13)23)12-6-3-2-4-7-12;/h2-4,6-7,13H,5,8-11,17H2,1H3,(H,18,21);1H. The fraction of sp³-hybridized carbons (Fsp3) is 0.438. The van der Waals surface area contributed by atoms with Crippen molar-refractivity contribution in [2.75, 3.05) is 31.6 Å². The SMILES string of the molecule is CN(C(=O)CNC(=O)CN)C1CCCN(c2ccccc2)C1=O.Cl. The van der Waals surface area contributed by atoms with E-state index in [-0.39, 0.29) is 37.3 Å². The summed E-state index contributed by atoms with van der Waals surface area (Å²) in [4.78, 5) is 39.1. The Morgan fingerprint density at radius 2 is 2.00 bits per heavy atom. The number of likely N-dealkylation sites (N-methyl/N-ethyl adjacent to an activating group) is 1. The van der Waals surface area contributed by atoms with E-state index in [4.69, 9.17) is 5.73 Å². The van der Waals surface area contributed by atoms with Crippen molar-refractivity contribution in [3.05, 3.63) is 30.3 Å². The number of nitrogens with one attached hydrogen (secondary N) is 1. The fourth-order valence-electron chi connectivity index (χ4n) is 2.62. The number of halogens is 1. The lowest BCUT2D eigenvalue weighted by Crippen LogP contribution is -2.54. The Morgan fingerprint density at radius 1 is 1.33 bits per heavy atom. The summed E-state index contributed by atoms with van der Waals surface area (Å²) >= 11 is 0. The Balaban J connectivity index is 0.00000288. The van der Waals surface area contributed by atoms with E-state index in [1.54, 1.807) is 11.9 Å². The van der Waals surface area contributed by atoms with Crippen molar-refractivity contribution in [2.45, 2.75) is 18.9 Å². The summed E-state index contributed by atoms with van der Waals surface area (Å²) in [6.07, 6.45) is 1.44.